The zero-order valence-electron chi connectivity index (χ0n) is 10.1. The van der Waals surface area contributed by atoms with Gasteiger partial charge in [0.25, 0.3) is 6.43 Å². The van der Waals surface area contributed by atoms with Crippen LogP contribution in [0.15, 0.2) is 28.7 Å². The molecule has 0 aliphatic rings. The first-order chi connectivity index (χ1) is 8.72. The molecule has 18 heavy (non-hydrogen) atoms. The molecule has 98 valence electrons. The number of furan rings is 1. The first-order valence-electron chi connectivity index (χ1n) is 5.72. The van der Waals surface area contributed by atoms with Crippen molar-refractivity contribution in [3.05, 3.63) is 35.6 Å². The highest BCUT2D eigenvalue weighted by atomic mass is 19.3. The lowest BCUT2D eigenvalue weighted by atomic mass is 10.1. The molecule has 0 bridgehead atoms. The summed E-state index contributed by atoms with van der Waals surface area (Å²) in [7, 11) is 1.80. The molecule has 5 heteroatoms. The van der Waals surface area contributed by atoms with Crippen LogP contribution in [0.4, 0.5) is 8.78 Å². The average Bonchev–Trinajstić information content (AvgIpc) is 2.68. The molecule has 2 aromatic rings. The Bertz CT molecular complexity index is 511. The van der Waals surface area contributed by atoms with Gasteiger partial charge in [0.05, 0.1) is 13.2 Å². The van der Waals surface area contributed by atoms with Crippen LogP contribution in [-0.4, -0.2) is 20.1 Å². The number of benzene rings is 1. The van der Waals surface area contributed by atoms with E-state index < -0.39 is 13.0 Å². The summed E-state index contributed by atoms with van der Waals surface area (Å²) in [6, 6.07) is 7.51. The number of halogens is 2. The zero-order valence-corrected chi connectivity index (χ0v) is 10.1. The number of hydrogen-bond acceptors (Lipinski definition) is 3. The molecular weight excluding hydrogens is 240 g/mol. The van der Waals surface area contributed by atoms with E-state index in [1.807, 2.05) is 24.3 Å². The predicted molar refractivity (Wildman–Crippen MR) is 64.6 cm³/mol. The third-order valence-electron chi connectivity index (χ3n) is 2.61. The van der Waals surface area contributed by atoms with E-state index in [0.717, 1.165) is 22.3 Å². The molecule has 0 radical (unpaired) electrons. The number of alkyl halides is 2. The molecule has 0 spiro atoms. The van der Waals surface area contributed by atoms with Gasteiger partial charge in [-0.1, -0.05) is 18.2 Å². The molecular formula is C13H15F2NO2. The minimum absolute atomic E-state index is 0.137. The Morgan fingerprint density at radius 3 is 2.83 bits per heavy atom. The van der Waals surface area contributed by atoms with E-state index in [4.69, 9.17) is 9.15 Å². The zero-order chi connectivity index (χ0) is 13.0. The van der Waals surface area contributed by atoms with E-state index in [0.29, 0.717) is 6.54 Å². The van der Waals surface area contributed by atoms with Gasteiger partial charge in [-0.3, -0.25) is 0 Å². The summed E-state index contributed by atoms with van der Waals surface area (Å²) in [5.41, 5.74) is 1.58. The van der Waals surface area contributed by atoms with Gasteiger partial charge in [0.15, 0.2) is 0 Å². The second kappa shape index (κ2) is 5.93. The quantitative estimate of drug-likeness (QED) is 0.861. The number of fused-ring (bicyclic) bond motifs is 1. The van der Waals surface area contributed by atoms with Crippen LogP contribution in [0.1, 0.15) is 11.3 Å². The fourth-order valence-electron chi connectivity index (χ4n) is 1.86. The third-order valence-corrected chi connectivity index (χ3v) is 2.61. The lowest BCUT2D eigenvalue weighted by molar-refractivity contribution is 0.00972. The Morgan fingerprint density at radius 2 is 2.11 bits per heavy atom. The Balaban J connectivity index is 2.24. The SMILES string of the molecule is CNCc1oc2ccccc2c1COCC(F)F. The summed E-state index contributed by atoms with van der Waals surface area (Å²) in [6.07, 6.45) is -2.45. The van der Waals surface area contributed by atoms with Crippen molar-refractivity contribution in [3.63, 3.8) is 0 Å². The number of hydrogen-bond donors (Lipinski definition) is 1. The summed E-state index contributed by atoms with van der Waals surface area (Å²) in [6.45, 7) is 0.124. The highest BCUT2D eigenvalue weighted by Gasteiger charge is 2.14. The van der Waals surface area contributed by atoms with Crippen LogP contribution in [0.3, 0.4) is 0 Å². The monoisotopic (exact) mass is 255 g/mol. The number of ether oxygens (including phenoxy) is 1. The van der Waals surface area contributed by atoms with E-state index in [-0.39, 0.29) is 6.61 Å². The number of para-hydroxylation sites is 1. The molecule has 0 aliphatic heterocycles. The highest BCUT2D eigenvalue weighted by molar-refractivity contribution is 5.82. The van der Waals surface area contributed by atoms with Gasteiger partial charge in [-0.25, -0.2) is 8.78 Å². The molecule has 1 heterocycles. The summed E-state index contributed by atoms with van der Waals surface area (Å²) < 4.78 is 34.8. The molecule has 1 aromatic heterocycles. The van der Waals surface area contributed by atoms with Crippen molar-refractivity contribution in [3.8, 4) is 0 Å². The minimum atomic E-state index is -2.45. The molecule has 0 atom stereocenters. The van der Waals surface area contributed by atoms with Crippen molar-refractivity contribution >= 4 is 11.0 Å². The fourth-order valence-corrected chi connectivity index (χ4v) is 1.86. The van der Waals surface area contributed by atoms with E-state index in [9.17, 15) is 8.78 Å². The minimum Gasteiger partial charge on any atom is -0.459 e. The molecule has 0 saturated heterocycles. The Hall–Kier alpha value is -1.46. The van der Waals surface area contributed by atoms with Gasteiger partial charge in [0.1, 0.15) is 18.0 Å². The highest BCUT2D eigenvalue weighted by Crippen LogP contribution is 2.26. The molecule has 0 unspecified atom stereocenters. The molecule has 3 nitrogen and oxygen atoms in total. The maximum atomic E-state index is 12.1. The Morgan fingerprint density at radius 1 is 1.33 bits per heavy atom. The van der Waals surface area contributed by atoms with Crippen LogP contribution < -0.4 is 5.32 Å². The third kappa shape index (κ3) is 2.86. The van der Waals surface area contributed by atoms with Crippen molar-refractivity contribution in [2.45, 2.75) is 19.6 Å². The van der Waals surface area contributed by atoms with Crippen LogP contribution >= 0.6 is 0 Å². The van der Waals surface area contributed by atoms with Gasteiger partial charge in [-0.15, -0.1) is 0 Å². The summed E-state index contributed by atoms with van der Waals surface area (Å²) >= 11 is 0. The smallest absolute Gasteiger partial charge is 0.261 e. The largest absolute Gasteiger partial charge is 0.459 e. The Kier molecular flexibility index (Phi) is 4.28. The summed E-state index contributed by atoms with van der Waals surface area (Å²) in [5.74, 6) is 0.730. The van der Waals surface area contributed by atoms with Gasteiger partial charge >= 0.3 is 0 Å². The van der Waals surface area contributed by atoms with Crippen molar-refractivity contribution in [1.29, 1.82) is 0 Å². The number of rotatable bonds is 6. The van der Waals surface area contributed by atoms with Crippen LogP contribution in [0.25, 0.3) is 11.0 Å². The first kappa shape index (κ1) is 13.0. The van der Waals surface area contributed by atoms with Gasteiger partial charge in [-0.05, 0) is 13.1 Å². The molecule has 0 aliphatic carbocycles. The van der Waals surface area contributed by atoms with Crippen molar-refractivity contribution in [2.24, 2.45) is 0 Å². The van der Waals surface area contributed by atoms with Crippen LogP contribution in [0.5, 0.6) is 0 Å². The molecule has 0 saturated carbocycles. The van der Waals surface area contributed by atoms with Gasteiger partial charge in [-0.2, -0.15) is 0 Å². The molecule has 2 rings (SSSR count). The second-order valence-corrected chi connectivity index (χ2v) is 3.94. The van der Waals surface area contributed by atoms with Gasteiger partial charge in [0, 0.05) is 10.9 Å². The van der Waals surface area contributed by atoms with E-state index in [1.165, 1.54) is 0 Å². The lowest BCUT2D eigenvalue weighted by Crippen LogP contribution is -2.08. The average molecular weight is 255 g/mol. The first-order valence-corrected chi connectivity index (χ1v) is 5.72. The second-order valence-electron chi connectivity index (χ2n) is 3.94. The van der Waals surface area contributed by atoms with Crippen molar-refractivity contribution in [1.82, 2.24) is 5.32 Å². The molecule has 1 aromatic carbocycles. The van der Waals surface area contributed by atoms with E-state index in [2.05, 4.69) is 5.32 Å². The Labute approximate surface area is 104 Å². The van der Waals surface area contributed by atoms with Crippen molar-refractivity contribution in [2.75, 3.05) is 13.7 Å². The standard InChI is InChI=1S/C13H15F2NO2/c1-16-6-12-10(7-17-8-13(14)15)9-4-2-3-5-11(9)18-12/h2-5,13,16H,6-8H2,1H3. The normalized spacial score (nSPS) is 11.6. The van der Waals surface area contributed by atoms with Gasteiger partial charge < -0.3 is 14.5 Å². The summed E-state index contributed by atoms with van der Waals surface area (Å²) in [4.78, 5) is 0. The molecule has 0 fully saturated rings. The lowest BCUT2D eigenvalue weighted by Gasteiger charge is -2.04. The summed E-state index contributed by atoms with van der Waals surface area (Å²) in [5, 5.41) is 3.90. The van der Waals surface area contributed by atoms with Crippen molar-refractivity contribution < 1.29 is 17.9 Å². The van der Waals surface area contributed by atoms with E-state index in [1.54, 1.807) is 7.05 Å². The predicted octanol–water partition coefficient (Wildman–Crippen LogP) is 2.93. The molecule has 1 N–H and O–H groups in total. The van der Waals surface area contributed by atoms with Gasteiger partial charge in [0.2, 0.25) is 0 Å². The van der Waals surface area contributed by atoms with Crippen LogP contribution in [0, 0.1) is 0 Å². The molecule has 0 amide bonds. The maximum absolute atomic E-state index is 12.1. The topological polar surface area (TPSA) is 34.4 Å². The van der Waals surface area contributed by atoms with Crippen LogP contribution in [-0.2, 0) is 17.9 Å². The van der Waals surface area contributed by atoms with Crippen LogP contribution in [0.2, 0.25) is 0 Å². The maximum Gasteiger partial charge on any atom is 0.261 e. The fraction of sp³-hybridized carbons (Fsp3) is 0.385. The number of nitrogens with one attached hydrogen (secondary N) is 1. The van der Waals surface area contributed by atoms with E-state index >= 15 is 0 Å².